The lowest BCUT2D eigenvalue weighted by molar-refractivity contribution is -0.137. The van der Waals surface area contributed by atoms with Gasteiger partial charge in [0.05, 0.1) is 29.0 Å². The smallest absolute Gasteiger partial charge is 0.366 e. The molecule has 2 amide bonds. The summed E-state index contributed by atoms with van der Waals surface area (Å²) in [4.78, 5) is 23.6. The van der Waals surface area contributed by atoms with Crippen molar-refractivity contribution >= 4 is 17.5 Å². The van der Waals surface area contributed by atoms with Crippen LogP contribution in [0.4, 0.5) is 18.9 Å². The van der Waals surface area contributed by atoms with Crippen molar-refractivity contribution in [3.8, 4) is 6.07 Å². The Kier molecular flexibility index (Phi) is 4.75. The third kappa shape index (κ3) is 3.66. The molecule has 136 valence electrons. The van der Waals surface area contributed by atoms with Crippen molar-refractivity contribution < 1.29 is 22.8 Å². The summed E-state index contributed by atoms with van der Waals surface area (Å²) in [6.07, 6.45) is -2.29. The Morgan fingerprint density at radius 2 is 1.96 bits per heavy atom. The zero-order valence-corrected chi connectivity index (χ0v) is 13.8. The molecule has 2 rings (SSSR count). The predicted octanol–water partition coefficient (Wildman–Crippen LogP) is 2.25. The third-order valence-corrected chi connectivity index (χ3v) is 3.70. The molecule has 7 nitrogen and oxygen atoms in total. The zero-order chi connectivity index (χ0) is 19.7. The Morgan fingerprint density at radius 3 is 2.46 bits per heavy atom. The molecule has 0 aliphatic heterocycles. The maximum absolute atomic E-state index is 13.0. The van der Waals surface area contributed by atoms with E-state index in [1.165, 1.54) is 43.1 Å². The molecule has 0 spiro atoms. The average molecular weight is 365 g/mol. The summed E-state index contributed by atoms with van der Waals surface area (Å²) in [5, 5.41) is 15.0. The first kappa shape index (κ1) is 19.0. The number of nitriles is 1. The molecule has 0 atom stereocenters. The van der Waals surface area contributed by atoms with Crippen molar-refractivity contribution in [1.29, 1.82) is 5.26 Å². The Bertz CT molecular complexity index is 909. The molecule has 26 heavy (non-hydrogen) atoms. The predicted molar refractivity (Wildman–Crippen MR) is 84.9 cm³/mol. The van der Waals surface area contributed by atoms with Crippen molar-refractivity contribution in [3.05, 3.63) is 47.3 Å². The molecule has 1 heterocycles. The first-order valence-electron chi connectivity index (χ1n) is 7.24. The fourth-order valence-corrected chi connectivity index (χ4v) is 2.10. The molecule has 2 aromatic rings. The molecule has 0 unspecified atom stereocenters. The molecule has 1 aromatic heterocycles. The zero-order valence-electron chi connectivity index (χ0n) is 13.8. The van der Waals surface area contributed by atoms with Crippen molar-refractivity contribution in [1.82, 2.24) is 9.78 Å². The van der Waals surface area contributed by atoms with E-state index in [-0.39, 0.29) is 11.3 Å². The number of alkyl halides is 3. The van der Waals surface area contributed by atoms with Crippen LogP contribution in [0.2, 0.25) is 0 Å². The molecule has 0 aliphatic carbocycles. The topological polar surface area (TPSA) is 114 Å². The van der Waals surface area contributed by atoms with Gasteiger partial charge >= 0.3 is 6.18 Å². The molecule has 0 aliphatic rings. The van der Waals surface area contributed by atoms with E-state index >= 15 is 0 Å². The number of primary amides is 1. The lowest BCUT2D eigenvalue weighted by Crippen LogP contribution is -2.40. The van der Waals surface area contributed by atoms with Gasteiger partial charge in [0.2, 0.25) is 0 Å². The summed E-state index contributed by atoms with van der Waals surface area (Å²) in [6, 6.07) is 4.32. The van der Waals surface area contributed by atoms with Gasteiger partial charge in [-0.25, -0.2) is 0 Å². The number of nitrogens with two attached hydrogens (primary N) is 1. The van der Waals surface area contributed by atoms with Gasteiger partial charge in [-0.2, -0.15) is 23.5 Å². The second-order valence-electron chi connectivity index (χ2n) is 5.92. The highest BCUT2D eigenvalue weighted by Crippen LogP contribution is 2.33. The minimum atomic E-state index is -4.74. The fraction of sp³-hybridized carbons (Fsp3) is 0.250. The summed E-state index contributed by atoms with van der Waals surface area (Å²) < 4.78 is 40.2. The minimum absolute atomic E-state index is 0.0867. The highest BCUT2D eigenvalue weighted by atomic mass is 19.4. The van der Waals surface area contributed by atoms with Gasteiger partial charge in [0.25, 0.3) is 11.8 Å². The summed E-state index contributed by atoms with van der Waals surface area (Å²) in [6.45, 7) is 2.93. The van der Waals surface area contributed by atoms with Gasteiger partial charge in [0, 0.05) is 11.9 Å². The van der Waals surface area contributed by atoms with Crippen molar-refractivity contribution in [2.45, 2.75) is 25.6 Å². The minimum Gasteiger partial charge on any atom is -0.366 e. The number of rotatable bonds is 4. The molecule has 0 radical (unpaired) electrons. The van der Waals surface area contributed by atoms with Crippen LogP contribution in [-0.2, 0) is 16.5 Å². The van der Waals surface area contributed by atoms with Crippen LogP contribution in [0.1, 0.15) is 35.3 Å². The Hall–Kier alpha value is -3.35. The van der Waals surface area contributed by atoms with Gasteiger partial charge in [0.1, 0.15) is 5.54 Å². The summed E-state index contributed by atoms with van der Waals surface area (Å²) >= 11 is 0. The van der Waals surface area contributed by atoms with E-state index in [1.54, 1.807) is 0 Å². The Morgan fingerprint density at radius 1 is 1.31 bits per heavy atom. The number of amides is 2. The van der Waals surface area contributed by atoms with Crippen LogP contribution in [0.5, 0.6) is 0 Å². The van der Waals surface area contributed by atoms with Crippen LogP contribution in [0, 0.1) is 11.3 Å². The average Bonchev–Trinajstić information content (AvgIpc) is 3.05. The van der Waals surface area contributed by atoms with Gasteiger partial charge in [-0.3, -0.25) is 14.3 Å². The summed E-state index contributed by atoms with van der Waals surface area (Å²) in [5.74, 6) is -1.40. The number of hydrogen-bond donors (Lipinski definition) is 2. The first-order valence-corrected chi connectivity index (χ1v) is 7.24. The van der Waals surface area contributed by atoms with E-state index in [9.17, 15) is 22.8 Å². The van der Waals surface area contributed by atoms with Gasteiger partial charge in [-0.05, 0) is 32.0 Å². The van der Waals surface area contributed by atoms with Crippen LogP contribution in [0.3, 0.4) is 0 Å². The molecular formula is C16H14F3N5O2. The first-order chi connectivity index (χ1) is 12.0. The van der Waals surface area contributed by atoms with Crippen molar-refractivity contribution in [2.24, 2.45) is 5.73 Å². The number of carbonyl (C=O) groups excluding carboxylic acids is 2. The summed E-state index contributed by atoms with van der Waals surface area (Å²) in [5.41, 5.74) is 2.07. The Labute approximate surface area is 146 Å². The maximum Gasteiger partial charge on any atom is 0.417 e. The van der Waals surface area contributed by atoms with E-state index < -0.39 is 34.7 Å². The second kappa shape index (κ2) is 6.51. The number of aromatic nitrogens is 2. The van der Waals surface area contributed by atoms with Crippen LogP contribution < -0.4 is 11.1 Å². The van der Waals surface area contributed by atoms with Gasteiger partial charge in [-0.15, -0.1) is 0 Å². The molecule has 10 heteroatoms. The monoisotopic (exact) mass is 365 g/mol. The highest BCUT2D eigenvalue weighted by molar-refractivity contribution is 5.96. The number of benzene rings is 1. The lowest BCUT2D eigenvalue weighted by Gasteiger charge is -2.24. The third-order valence-electron chi connectivity index (χ3n) is 3.70. The van der Waals surface area contributed by atoms with E-state index in [4.69, 9.17) is 11.0 Å². The lowest BCUT2D eigenvalue weighted by atomic mass is 10.0. The van der Waals surface area contributed by atoms with Crippen LogP contribution >= 0.6 is 0 Å². The normalized spacial score (nSPS) is 11.7. The molecule has 3 N–H and O–H groups in total. The van der Waals surface area contributed by atoms with Gasteiger partial charge in [-0.1, -0.05) is 0 Å². The maximum atomic E-state index is 13.0. The van der Waals surface area contributed by atoms with Crippen molar-refractivity contribution in [2.75, 3.05) is 5.32 Å². The summed E-state index contributed by atoms with van der Waals surface area (Å²) in [7, 11) is 0. The SMILES string of the molecule is CC(C)(C(=O)Nc1ccc(C#N)c(C(F)(F)F)c1)n1cc(C(N)=O)cn1. The molecule has 0 bridgehead atoms. The number of nitrogens with one attached hydrogen (secondary N) is 1. The van der Waals surface area contributed by atoms with E-state index in [0.29, 0.717) is 6.07 Å². The van der Waals surface area contributed by atoms with Crippen molar-refractivity contribution in [3.63, 3.8) is 0 Å². The number of hydrogen-bond acceptors (Lipinski definition) is 4. The van der Waals surface area contributed by atoms with Crippen LogP contribution in [0.15, 0.2) is 30.6 Å². The Balaban J connectivity index is 2.31. The number of nitrogens with zero attached hydrogens (tertiary/aromatic N) is 3. The van der Waals surface area contributed by atoms with E-state index in [0.717, 1.165) is 6.07 Å². The number of halogens is 3. The van der Waals surface area contributed by atoms with Gasteiger partial charge in [0.15, 0.2) is 0 Å². The quantitative estimate of drug-likeness (QED) is 0.865. The second-order valence-corrected chi connectivity index (χ2v) is 5.92. The number of carbonyl (C=O) groups is 2. The fourth-order valence-electron chi connectivity index (χ4n) is 2.10. The van der Waals surface area contributed by atoms with Gasteiger partial charge < -0.3 is 11.1 Å². The molecule has 1 aromatic carbocycles. The highest BCUT2D eigenvalue weighted by Gasteiger charge is 2.35. The van der Waals surface area contributed by atoms with E-state index in [2.05, 4.69) is 10.4 Å². The molecule has 0 saturated carbocycles. The molecule has 0 fully saturated rings. The number of anilines is 1. The molecular weight excluding hydrogens is 351 g/mol. The molecule has 0 saturated heterocycles. The van der Waals surface area contributed by atoms with Crippen LogP contribution in [0.25, 0.3) is 0 Å². The standard InChI is InChI=1S/C16H14F3N5O2/c1-15(2,24-8-10(7-22-24)13(21)25)14(26)23-11-4-3-9(6-20)12(5-11)16(17,18)19/h3-5,7-8H,1-2H3,(H2,21,25)(H,23,26). The largest absolute Gasteiger partial charge is 0.417 e. The van der Waals surface area contributed by atoms with E-state index in [1.807, 2.05) is 0 Å². The van der Waals surface area contributed by atoms with Crippen LogP contribution in [-0.4, -0.2) is 21.6 Å².